The van der Waals surface area contributed by atoms with Crippen molar-refractivity contribution in [1.82, 2.24) is 9.62 Å². The summed E-state index contributed by atoms with van der Waals surface area (Å²) in [6.07, 6.45) is 3.76. The monoisotopic (exact) mass is 309 g/mol. The largest absolute Gasteiger partial charge is 0.381 e. The Bertz CT molecular complexity index is 613. The molecule has 2 unspecified atom stereocenters. The van der Waals surface area contributed by atoms with Crippen LogP contribution >= 0.6 is 0 Å². The number of likely N-dealkylation sites (tertiary alicyclic amines) is 1. The van der Waals surface area contributed by atoms with E-state index in [2.05, 4.69) is 21.9 Å². The molecule has 0 bridgehead atoms. The fraction of sp³-hybridized carbons (Fsp3) is 0.600. The highest BCUT2D eigenvalue weighted by Crippen LogP contribution is 2.34. The lowest BCUT2D eigenvalue weighted by molar-refractivity contribution is 0.257. The molecule has 2 N–H and O–H groups in total. The average Bonchev–Trinajstić information content (AvgIpc) is 3.24. The summed E-state index contributed by atoms with van der Waals surface area (Å²) >= 11 is 0. The van der Waals surface area contributed by atoms with E-state index in [1.165, 1.54) is 19.9 Å². The maximum absolute atomic E-state index is 11.8. The Labute approximate surface area is 126 Å². The molecule has 1 aromatic carbocycles. The van der Waals surface area contributed by atoms with E-state index in [0.717, 1.165) is 24.7 Å². The first kappa shape index (κ1) is 14.8. The number of benzene rings is 1. The summed E-state index contributed by atoms with van der Waals surface area (Å²) in [5.41, 5.74) is 0.876. The van der Waals surface area contributed by atoms with Gasteiger partial charge in [-0.3, -0.25) is 4.90 Å². The molecular weight excluding hydrogens is 286 g/mol. The maximum Gasteiger partial charge on any atom is 0.240 e. The number of nitrogens with zero attached hydrogens (tertiary/aromatic N) is 1. The molecule has 1 saturated carbocycles. The molecule has 21 heavy (non-hydrogen) atoms. The van der Waals surface area contributed by atoms with E-state index in [9.17, 15) is 8.42 Å². The highest BCUT2D eigenvalue weighted by Gasteiger charge is 2.38. The van der Waals surface area contributed by atoms with Gasteiger partial charge in [0.1, 0.15) is 0 Å². The topological polar surface area (TPSA) is 61.4 Å². The van der Waals surface area contributed by atoms with Crippen molar-refractivity contribution >= 4 is 15.7 Å². The van der Waals surface area contributed by atoms with Crippen LogP contribution in [0.2, 0.25) is 0 Å². The first-order valence-electron chi connectivity index (χ1n) is 7.55. The second kappa shape index (κ2) is 5.59. The van der Waals surface area contributed by atoms with Gasteiger partial charge in [-0.05, 0) is 51.4 Å². The molecular formula is C15H23N3O2S. The molecule has 0 radical (unpaired) electrons. The minimum Gasteiger partial charge on any atom is -0.381 e. The van der Waals surface area contributed by atoms with E-state index in [0.29, 0.717) is 17.0 Å². The van der Waals surface area contributed by atoms with Crippen molar-refractivity contribution in [2.24, 2.45) is 0 Å². The molecule has 1 aliphatic carbocycles. The molecule has 1 saturated heterocycles. The SMILES string of the molecule is CNS(=O)(=O)c1cccc(NC2CC(C)N(C3CC3)C2)c1. The Kier molecular flexibility index (Phi) is 3.94. The molecule has 2 aliphatic rings. The molecule has 0 amide bonds. The van der Waals surface area contributed by atoms with Gasteiger partial charge in [0.25, 0.3) is 0 Å². The predicted octanol–water partition coefficient (Wildman–Crippen LogP) is 1.63. The number of anilines is 1. The first-order chi connectivity index (χ1) is 9.99. The van der Waals surface area contributed by atoms with Crippen molar-refractivity contribution in [2.45, 2.75) is 49.2 Å². The molecule has 2 atom stereocenters. The smallest absolute Gasteiger partial charge is 0.240 e. The van der Waals surface area contributed by atoms with Crippen LogP contribution < -0.4 is 10.0 Å². The van der Waals surface area contributed by atoms with Crippen LogP contribution in [0, 0.1) is 0 Å². The molecule has 0 aromatic heterocycles. The van der Waals surface area contributed by atoms with E-state index in [1.807, 2.05) is 6.07 Å². The Morgan fingerprint density at radius 2 is 2.05 bits per heavy atom. The van der Waals surface area contributed by atoms with Gasteiger partial charge in [0.05, 0.1) is 4.90 Å². The molecule has 1 aliphatic heterocycles. The third kappa shape index (κ3) is 3.22. The van der Waals surface area contributed by atoms with E-state index in [1.54, 1.807) is 18.2 Å². The summed E-state index contributed by atoms with van der Waals surface area (Å²) in [6, 6.07) is 8.82. The van der Waals surface area contributed by atoms with Crippen LogP contribution in [-0.2, 0) is 10.0 Å². The van der Waals surface area contributed by atoms with Gasteiger partial charge in [-0.1, -0.05) is 6.07 Å². The van der Waals surface area contributed by atoms with Crippen LogP contribution in [-0.4, -0.2) is 45.0 Å². The number of sulfonamides is 1. The van der Waals surface area contributed by atoms with Gasteiger partial charge in [-0.2, -0.15) is 0 Å². The molecule has 1 aromatic rings. The number of nitrogens with one attached hydrogen (secondary N) is 2. The lowest BCUT2D eigenvalue weighted by atomic mass is 10.2. The zero-order chi connectivity index (χ0) is 15.0. The van der Waals surface area contributed by atoms with Crippen molar-refractivity contribution in [3.8, 4) is 0 Å². The van der Waals surface area contributed by atoms with E-state index < -0.39 is 10.0 Å². The minimum absolute atomic E-state index is 0.306. The normalized spacial score (nSPS) is 27.0. The molecule has 6 heteroatoms. The van der Waals surface area contributed by atoms with Crippen LogP contribution in [0.5, 0.6) is 0 Å². The maximum atomic E-state index is 11.8. The van der Waals surface area contributed by atoms with Gasteiger partial charge in [-0.25, -0.2) is 13.1 Å². The summed E-state index contributed by atoms with van der Waals surface area (Å²) < 4.78 is 26.0. The van der Waals surface area contributed by atoms with Gasteiger partial charge < -0.3 is 5.32 Å². The fourth-order valence-corrected chi connectivity index (χ4v) is 3.96. The Morgan fingerprint density at radius 1 is 1.29 bits per heavy atom. The number of hydrogen-bond acceptors (Lipinski definition) is 4. The third-order valence-corrected chi connectivity index (χ3v) is 5.83. The minimum atomic E-state index is -3.38. The lowest BCUT2D eigenvalue weighted by Crippen LogP contribution is -2.31. The molecule has 5 nitrogen and oxygen atoms in total. The zero-order valence-electron chi connectivity index (χ0n) is 12.5. The first-order valence-corrected chi connectivity index (χ1v) is 9.04. The number of hydrogen-bond donors (Lipinski definition) is 2. The highest BCUT2D eigenvalue weighted by atomic mass is 32.2. The molecule has 116 valence electrons. The summed E-state index contributed by atoms with van der Waals surface area (Å²) in [5, 5.41) is 3.49. The highest BCUT2D eigenvalue weighted by molar-refractivity contribution is 7.89. The van der Waals surface area contributed by atoms with Gasteiger partial charge in [0.15, 0.2) is 0 Å². The van der Waals surface area contributed by atoms with Gasteiger partial charge in [0.2, 0.25) is 10.0 Å². The fourth-order valence-electron chi connectivity index (χ4n) is 3.18. The standard InChI is InChI=1S/C15H23N3O2S/c1-11-8-13(10-18(11)14-6-7-14)17-12-4-3-5-15(9-12)21(19,20)16-2/h3-5,9,11,13-14,16-17H,6-8,10H2,1-2H3. The van der Waals surface area contributed by atoms with Crippen molar-refractivity contribution < 1.29 is 8.42 Å². The molecule has 3 rings (SSSR count). The van der Waals surface area contributed by atoms with Crippen LogP contribution in [0.15, 0.2) is 29.2 Å². The number of rotatable bonds is 5. The molecule has 2 fully saturated rings. The zero-order valence-corrected chi connectivity index (χ0v) is 13.4. The van der Waals surface area contributed by atoms with Crippen molar-refractivity contribution in [3.63, 3.8) is 0 Å². The summed E-state index contributed by atoms with van der Waals surface area (Å²) in [5.74, 6) is 0. The predicted molar refractivity (Wildman–Crippen MR) is 83.9 cm³/mol. The van der Waals surface area contributed by atoms with Gasteiger partial charge >= 0.3 is 0 Å². The Balaban J connectivity index is 1.69. The van der Waals surface area contributed by atoms with Crippen molar-refractivity contribution in [1.29, 1.82) is 0 Å². The van der Waals surface area contributed by atoms with E-state index in [4.69, 9.17) is 0 Å². The Morgan fingerprint density at radius 3 is 2.71 bits per heavy atom. The average molecular weight is 309 g/mol. The van der Waals surface area contributed by atoms with Gasteiger partial charge in [-0.15, -0.1) is 0 Å². The van der Waals surface area contributed by atoms with Crippen molar-refractivity contribution in [3.05, 3.63) is 24.3 Å². The van der Waals surface area contributed by atoms with Crippen LogP contribution in [0.1, 0.15) is 26.2 Å². The molecule has 1 heterocycles. The lowest BCUT2D eigenvalue weighted by Gasteiger charge is -2.20. The summed E-state index contributed by atoms with van der Waals surface area (Å²) in [6.45, 7) is 3.33. The van der Waals surface area contributed by atoms with E-state index in [-0.39, 0.29) is 0 Å². The van der Waals surface area contributed by atoms with Gasteiger partial charge in [0, 0.05) is 30.4 Å². The van der Waals surface area contributed by atoms with Crippen LogP contribution in [0.3, 0.4) is 0 Å². The van der Waals surface area contributed by atoms with E-state index >= 15 is 0 Å². The summed E-state index contributed by atoms with van der Waals surface area (Å²) in [7, 11) is -1.95. The third-order valence-electron chi connectivity index (χ3n) is 4.42. The second-order valence-electron chi connectivity index (χ2n) is 6.09. The molecule has 0 spiro atoms. The Hall–Kier alpha value is -1.11. The second-order valence-corrected chi connectivity index (χ2v) is 7.98. The van der Waals surface area contributed by atoms with Crippen LogP contribution in [0.4, 0.5) is 5.69 Å². The summed E-state index contributed by atoms with van der Waals surface area (Å²) in [4.78, 5) is 2.88. The van der Waals surface area contributed by atoms with Crippen LogP contribution in [0.25, 0.3) is 0 Å². The van der Waals surface area contributed by atoms with Crippen molar-refractivity contribution in [2.75, 3.05) is 18.9 Å². The quantitative estimate of drug-likeness (QED) is 0.868.